The molecule has 0 radical (unpaired) electrons. The standard InChI is InChI=1S/C15H24N2O2S/c1-6-17(10(2)9-19-5)14-16-11-7-15(3,4)8-12(18)13(11)20-14/h10H,6-9H2,1-5H3. The lowest BCUT2D eigenvalue weighted by Gasteiger charge is -2.27. The Morgan fingerprint density at radius 3 is 2.75 bits per heavy atom. The Morgan fingerprint density at radius 2 is 2.15 bits per heavy atom. The first-order valence-corrected chi connectivity index (χ1v) is 7.98. The van der Waals surface area contributed by atoms with Gasteiger partial charge in [0, 0.05) is 20.1 Å². The number of nitrogens with zero attached hydrogens (tertiary/aromatic N) is 2. The average Bonchev–Trinajstić information content (AvgIpc) is 2.72. The zero-order valence-electron chi connectivity index (χ0n) is 13.0. The minimum absolute atomic E-state index is 0.0324. The number of hydrogen-bond acceptors (Lipinski definition) is 5. The van der Waals surface area contributed by atoms with Crippen molar-refractivity contribution in [2.45, 2.75) is 46.6 Å². The Kier molecular flexibility index (Phi) is 4.49. The number of hydrogen-bond donors (Lipinski definition) is 0. The second-order valence-corrected chi connectivity index (χ2v) is 7.28. The smallest absolute Gasteiger partial charge is 0.186 e. The lowest BCUT2D eigenvalue weighted by Crippen LogP contribution is -2.36. The summed E-state index contributed by atoms with van der Waals surface area (Å²) in [5.41, 5.74) is 1.01. The van der Waals surface area contributed by atoms with Crippen molar-refractivity contribution in [2.75, 3.05) is 25.2 Å². The number of aromatic nitrogens is 1. The van der Waals surface area contributed by atoms with E-state index in [0.29, 0.717) is 13.0 Å². The minimum Gasteiger partial charge on any atom is -0.383 e. The van der Waals surface area contributed by atoms with E-state index < -0.39 is 0 Å². The van der Waals surface area contributed by atoms with Crippen LogP contribution in [0, 0.1) is 5.41 Å². The molecule has 2 rings (SSSR count). The molecule has 1 unspecified atom stereocenters. The van der Waals surface area contributed by atoms with Crippen molar-refractivity contribution in [1.82, 2.24) is 4.98 Å². The summed E-state index contributed by atoms with van der Waals surface area (Å²) in [6.07, 6.45) is 1.52. The maximum atomic E-state index is 12.2. The van der Waals surface area contributed by atoms with Crippen LogP contribution < -0.4 is 4.90 Å². The molecule has 0 spiro atoms. The average molecular weight is 296 g/mol. The highest BCUT2D eigenvalue weighted by atomic mass is 32.1. The molecule has 1 heterocycles. The van der Waals surface area contributed by atoms with E-state index in [2.05, 4.69) is 32.6 Å². The molecule has 0 bridgehead atoms. The predicted octanol–water partition coefficient (Wildman–Crippen LogP) is 3.16. The summed E-state index contributed by atoms with van der Waals surface area (Å²) in [4.78, 5) is 20.1. The van der Waals surface area contributed by atoms with Crippen molar-refractivity contribution in [3.63, 3.8) is 0 Å². The summed E-state index contributed by atoms with van der Waals surface area (Å²) in [5.74, 6) is 0.246. The molecule has 5 heteroatoms. The Bertz CT molecular complexity index is 496. The number of ether oxygens (including phenoxy) is 1. The largest absolute Gasteiger partial charge is 0.383 e. The normalized spacial score (nSPS) is 18.8. The van der Waals surface area contributed by atoms with E-state index in [-0.39, 0.29) is 17.2 Å². The van der Waals surface area contributed by atoms with Crippen molar-refractivity contribution in [1.29, 1.82) is 0 Å². The summed E-state index contributed by atoms with van der Waals surface area (Å²) in [6.45, 7) is 10.0. The van der Waals surface area contributed by atoms with Gasteiger partial charge in [-0.1, -0.05) is 25.2 Å². The molecule has 112 valence electrons. The third-order valence-corrected chi connectivity index (χ3v) is 4.93. The molecule has 0 saturated heterocycles. The number of carbonyl (C=O) groups is 1. The predicted molar refractivity (Wildman–Crippen MR) is 82.9 cm³/mol. The summed E-state index contributed by atoms with van der Waals surface area (Å²) in [7, 11) is 1.71. The van der Waals surface area contributed by atoms with Crippen LogP contribution in [0.3, 0.4) is 0 Å². The Labute approximate surface area is 125 Å². The van der Waals surface area contributed by atoms with Crippen LogP contribution in [0.2, 0.25) is 0 Å². The minimum atomic E-state index is 0.0324. The number of likely N-dealkylation sites (N-methyl/N-ethyl adjacent to an activating group) is 1. The van der Waals surface area contributed by atoms with Gasteiger partial charge in [-0.05, 0) is 25.7 Å². The van der Waals surface area contributed by atoms with Crippen molar-refractivity contribution in [2.24, 2.45) is 5.41 Å². The molecule has 0 fully saturated rings. The molecule has 1 aromatic heterocycles. The van der Waals surface area contributed by atoms with Crippen LogP contribution in [-0.4, -0.2) is 37.1 Å². The van der Waals surface area contributed by atoms with Gasteiger partial charge in [-0.15, -0.1) is 0 Å². The Balaban J connectivity index is 2.29. The Morgan fingerprint density at radius 1 is 1.45 bits per heavy atom. The first kappa shape index (κ1) is 15.4. The van der Waals surface area contributed by atoms with Gasteiger partial charge in [0.05, 0.1) is 23.2 Å². The van der Waals surface area contributed by atoms with E-state index in [9.17, 15) is 4.79 Å². The SMILES string of the molecule is CCN(c1nc2c(s1)C(=O)CC(C)(C)C2)C(C)COC. The molecule has 0 N–H and O–H groups in total. The molecule has 0 aromatic carbocycles. The fourth-order valence-corrected chi connectivity index (χ4v) is 3.98. The quantitative estimate of drug-likeness (QED) is 0.837. The van der Waals surface area contributed by atoms with E-state index in [1.54, 1.807) is 18.4 Å². The third-order valence-electron chi connectivity index (χ3n) is 3.75. The summed E-state index contributed by atoms with van der Waals surface area (Å²) < 4.78 is 5.23. The lowest BCUT2D eigenvalue weighted by atomic mass is 9.78. The lowest BCUT2D eigenvalue weighted by molar-refractivity contribution is 0.0916. The molecular weight excluding hydrogens is 272 g/mol. The highest BCUT2D eigenvalue weighted by Gasteiger charge is 2.34. The zero-order chi connectivity index (χ0) is 14.9. The first-order chi connectivity index (χ1) is 9.38. The van der Waals surface area contributed by atoms with Crippen LogP contribution in [0.4, 0.5) is 5.13 Å². The summed E-state index contributed by atoms with van der Waals surface area (Å²) in [6, 6.07) is 0.265. The molecule has 4 nitrogen and oxygen atoms in total. The molecule has 1 aliphatic rings. The monoisotopic (exact) mass is 296 g/mol. The fourth-order valence-electron chi connectivity index (χ4n) is 2.80. The van der Waals surface area contributed by atoms with Crippen molar-refractivity contribution in [3.8, 4) is 0 Å². The maximum absolute atomic E-state index is 12.2. The number of fused-ring (bicyclic) bond motifs is 1. The second-order valence-electron chi connectivity index (χ2n) is 6.30. The van der Waals surface area contributed by atoms with Crippen molar-refractivity contribution >= 4 is 22.3 Å². The Hall–Kier alpha value is -0.940. The molecule has 1 aliphatic carbocycles. The van der Waals surface area contributed by atoms with Gasteiger partial charge < -0.3 is 9.64 Å². The summed E-state index contributed by atoms with van der Waals surface area (Å²) >= 11 is 1.54. The highest BCUT2D eigenvalue weighted by molar-refractivity contribution is 7.17. The molecule has 20 heavy (non-hydrogen) atoms. The van der Waals surface area contributed by atoms with E-state index in [0.717, 1.165) is 28.7 Å². The van der Waals surface area contributed by atoms with Crippen LogP contribution in [0.5, 0.6) is 0 Å². The molecule has 1 atom stereocenters. The molecule has 0 amide bonds. The van der Waals surface area contributed by atoms with Gasteiger partial charge in [0.15, 0.2) is 10.9 Å². The number of methoxy groups -OCH3 is 1. The van der Waals surface area contributed by atoms with Crippen LogP contribution in [0.25, 0.3) is 0 Å². The molecule has 0 aliphatic heterocycles. The van der Waals surface area contributed by atoms with Crippen LogP contribution >= 0.6 is 11.3 Å². The van der Waals surface area contributed by atoms with Gasteiger partial charge in [-0.3, -0.25) is 4.79 Å². The van der Waals surface area contributed by atoms with E-state index in [1.807, 2.05) is 0 Å². The van der Waals surface area contributed by atoms with E-state index >= 15 is 0 Å². The van der Waals surface area contributed by atoms with E-state index in [1.165, 1.54) is 0 Å². The van der Waals surface area contributed by atoms with E-state index in [4.69, 9.17) is 9.72 Å². The van der Waals surface area contributed by atoms with Gasteiger partial charge in [-0.2, -0.15) is 0 Å². The van der Waals surface area contributed by atoms with Crippen LogP contribution in [0.15, 0.2) is 0 Å². The van der Waals surface area contributed by atoms with Crippen LogP contribution in [-0.2, 0) is 11.2 Å². The second kappa shape index (κ2) is 5.82. The first-order valence-electron chi connectivity index (χ1n) is 7.16. The van der Waals surface area contributed by atoms with Gasteiger partial charge in [0.25, 0.3) is 0 Å². The topological polar surface area (TPSA) is 42.4 Å². The number of anilines is 1. The number of carbonyl (C=O) groups excluding carboxylic acids is 1. The number of ketones is 1. The number of Topliss-reactive ketones (excluding diaryl/α,β-unsaturated/α-hetero) is 1. The van der Waals surface area contributed by atoms with Gasteiger partial charge in [0.2, 0.25) is 0 Å². The van der Waals surface area contributed by atoms with Gasteiger partial charge >= 0.3 is 0 Å². The summed E-state index contributed by atoms with van der Waals surface area (Å²) in [5, 5.41) is 0.952. The number of thiazole rings is 1. The molecule has 0 saturated carbocycles. The van der Waals surface area contributed by atoms with Gasteiger partial charge in [0.1, 0.15) is 0 Å². The third kappa shape index (κ3) is 3.04. The van der Waals surface area contributed by atoms with Gasteiger partial charge in [-0.25, -0.2) is 4.98 Å². The molecule has 1 aromatic rings. The highest BCUT2D eigenvalue weighted by Crippen LogP contribution is 2.39. The zero-order valence-corrected chi connectivity index (χ0v) is 13.8. The fraction of sp³-hybridized carbons (Fsp3) is 0.733. The van der Waals surface area contributed by atoms with Crippen molar-refractivity contribution < 1.29 is 9.53 Å². The molecular formula is C15H24N2O2S. The maximum Gasteiger partial charge on any atom is 0.186 e. The number of rotatable bonds is 5. The van der Waals surface area contributed by atoms with Crippen molar-refractivity contribution in [3.05, 3.63) is 10.6 Å². The van der Waals surface area contributed by atoms with Crippen LogP contribution in [0.1, 0.15) is 49.5 Å².